The van der Waals surface area contributed by atoms with Crippen molar-refractivity contribution in [2.45, 2.75) is 32.1 Å². The van der Waals surface area contributed by atoms with Crippen molar-refractivity contribution in [2.24, 2.45) is 0 Å². The van der Waals surface area contributed by atoms with Crippen LogP contribution in [0.4, 0.5) is 0 Å². The Morgan fingerprint density at radius 1 is 0.846 bits per heavy atom. The average Bonchev–Trinajstić information content (AvgIpc) is 2.70. The molecule has 0 fully saturated rings. The van der Waals surface area contributed by atoms with Crippen molar-refractivity contribution in [3.8, 4) is 0 Å². The molecule has 0 spiro atoms. The quantitative estimate of drug-likeness (QED) is 0.561. The smallest absolute Gasteiger partial charge is 0.0195 e. The van der Waals surface area contributed by atoms with E-state index >= 15 is 0 Å². The fourth-order valence-corrected chi connectivity index (χ4v) is 2.63. The van der Waals surface area contributed by atoms with Gasteiger partial charge in [-0.25, -0.2) is 0 Å². The number of allylic oxidation sites excluding steroid dienone is 1. The van der Waals surface area contributed by atoms with E-state index in [9.17, 15) is 0 Å². The molecule has 1 aromatic carbocycles. The maximum Gasteiger partial charge on any atom is -0.0195 e. The third-order valence-electron chi connectivity index (χ3n) is 3.39. The predicted octanol–water partition coefficient (Wildman–Crippen LogP) is 3.13. The van der Waals surface area contributed by atoms with Gasteiger partial charge in [0.25, 0.3) is 0 Å². The van der Waals surface area contributed by atoms with Gasteiger partial charge in [-0.2, -0.15) is 0 Å². The minimum atomic E-state index is 1.18. The summed E-state index contributed by atoms with van der Waals surface area (Å²) in [6, 6.07) is 4.82. The zero-order chi connectivity index (χ0) is 8.84. The highest BCUT2D eigenvalue weighted by Gasteiger charge is 2.19. The number of hydrogen-bond donors (Lipinski definition) is 0. The molecule has 66 valence electrons. The van der Waals surface area contributed by atoms with Crippen LogP contribution in [-0.2, 0) is 19.3 Å². The maximum absolute atomic E-state index is 4.12. The summed E-state index contributed by atoms with van der Waals surface area (Å²) in [7, 11) is 0. The van der Waals surface area contributed by atoms with E-state index in [-0.39, 0.29) is 0 Å². The lowest BCUT2D eigenvalue weighted by atomic mass is 10.0. The summed E-state index contributed by atoms with van der Waals surface area (Å²) in [5.41, 5.74) is 7.55. The Morgan fingerprint density at radius 2 is 1.62 bits per heavy atom. The lowest BCUT2D eigenvalue weighted by Gasteiger charge is -2.04. The molecule has 0 heteroatoms. The molecule has 0 unspecified atom stereocenters. The lowest BCUT2D eigenvalue weighted by molar-refractivity contribution is 0.911. The normalized spacial score (nSPS) is 18.9. The Labute approximate surface area is 79.3 Å². The molecule has 0 atom stereocenters. The molecule has 0 nitrogen and oxygen atoms in total. The van der Waals surface area contributed by atoms with Crippen LogP contribution in [0.15, 0.2) is 18.7 Å². The molecule has 0 radical (unpaired) electrons. The largest absolute Gasteiger partial charge is 0.0952 e. The molecule has 13 heavy (non-hydrogen) atoms. The average molecular weight is 170 g/mol. The van der Waals surface area contributed by atoms with E-state index in [2.05, 4.69) is 18.7 Å². The predicted molar refractivity (Wildman–Crippen MR) is 55.8 cm³/mol. The number of aryl methyl sites for hydroxylation is 3. The van der Waals surface area contributed by atoms with Crippen LogP contribution in [0.2, 0.25) is 0 Å². The van der Waals surface area contributed by atoms with Gasteiger partial charge in [-0.1, -0.05) is 18.7 Å². The molecule has 0 amide bonds. The van der Waals surface area contributed by atoms with E-state index in [0.717, 1.165) is 0 Å². The van der Waals surface area contributed by atoms with Gasteiger partial charge in [-0.05, 0) is 59.9 Å². The first-order chi connectivity index (χ1) is 6.34. The van der Waals surface area contributed by atoms with Gasteiger partial charge in [0.15, 0.2) is 0 Å². The SMILES string of the molecule is C=C1CCc2cc3c(cc21)CCC3. The second-order valence-electron chi connectivity index (χ2n) is 4.24. The van der Waals surface area contributed by atoms with Gasteiger partial charge in [0.05, 0.1) is 0 Å². The summed E-state index contributed by atoms with van der Waals surface area (Å²) in [6.07, 6.45) is 6.34. The van der Waals surface area contributed by atoms with Crippen LogP contribution in [0.3, 0.4) is 0 Å². The molecular formula is C13H14. The Bertz CT molecular complexity index is 385. The van der Waals surface area contributed by atoms with Crippen LogP contribution in [-0.4, -0.2) is 0 Å². The Morgan fingerprint density at radius 3 is 2.46 bits per heavy atom. The van der Waals surface area contributed by atoms with Crippen LogP contribution in [0.1, 0.15) is 35.1 Å². The molecule has 2 aliphatic rings. The maximum atomic E-state index is 4.12. The van der Waals surface area contributed by atoms with Crippen molar-refractivity contribution in [1.29, 1.82) is 0 Å². The highest BCUT2D eigenvalue weighted by molar-refractivity contribution is 5.72. The summed E-state index contributed by atoms with van der Waals surface area (Å²) >= 11 is 0. The highest BCUT2D eigenvalue weighted by atomic mass is 14.2. The summed E-state index contributed by atoms with van der Waals surface area (Å²) < 4.78 is 0. The molecular weight excluding hydrogens is 156 g/mol. The highest BCUT2D eigenvalue weighted by Crippen LogP contribution is 2.35. The fraction of sp³-hybridized carbons (Fsp3) is 0.385. The summed E-state index contributed by atoms with van der Waals surface area (Å²) in [5.74, 6) is 0. The van der Waals surface area contributed by atoms with Crippen LogP contribution < -0.4 is 0 Å². The third kappa shape index (κ3) is 0.980. The van der Waals surface area contributed by atoms with Crippen molar-refractivity contribution in [1.82, 2.24) is 0 Å². The standard InChI is InChI=1S/C13H14/c1-9-5-6-12-7-10-3-2-4-11(10)8-13(9)12/h7-8H,1-6H2. The second kappa shape index (κ2) is 2.47. The van der Waals surface area contributed by atoms with E-state index in [1.165, 1.54) is 43.2 Å². The fourth-order valence-electron chi connectivity index (χ4n) is 2.63. The molecule has 0 heterocycles. The molecule has 1 aromatic rings. The minimum absolute atomic E-state index is 1.18. The zero-order valence-corrected chi connectivity index (χ0v) is 7.90. The van der Waals surface area contributed by atoms with Gasteiger partial charge in [0, 0.05) is 0 Å². The Balaban J connectivity index is 2.22. The number of fused-ring (bicyclic) bond motifs is 2. The Kier molecular flexibility index (Phi) is 1.40. The molecule has 3 rings (SSSR count). The van der Waals surface area contributed by atoms with Crippen LogP contribution >= 0.6 is 0 Å². The number of benzene rings is 1. The first-order valence-corrected chi connectivity index (χ1v) is 5.17. The first-order valence-electron chi connectivity index (χ1n) is 5.17. The lowest BCUT2D eigenvalue weighted by Crippen LogP contribution is -1.88. The molecule has 0 aromatic heterocycles. The van der Waals surface area contributed by atoms with Gasteiger partial charge in [0.1, 0.15) is 0 Å². The van der Waals surface area contributed by atoms with Crippen molar-refractivity contribution < 1.29 is 0 Å². The van der Waals surface area contributed by atoms with E-state index in [4.69, 9.17) is 0 Å². The second-order valence-corrected chi connectivity index (χ2v) is 4.24. The molecule has 2 aliphatic carbocycles. The van der Waals surface area contributed by atoms with Crippen molar-refractivity contribution in [3.05, 3.63) is 41.0 Å². The van der Waals surface area contributed by atoms with Crippen LogP contribution in [0, 0.1) is 0 Å². The molecule has 0 saturated carbocycles. The van der Waals surface area contributed by atoms with Gasteiger partial charge in [-0.3, -0.25) is 0 Å². The van der Waals surface area contributed by atoms with E-state index in [0.29, 0.717) is 0 Å². The zero-order valence-electron chi connectivity index (χ0n) is 7.90. The van der Waals surface area contributed by atoms with Crippen LogP contribution in [0.25, 0.3) is 5.57 Å². The third-order valence-corrected chi connectivity index (χ3v) is 3.39. The van der Waals surface area contributed by atoms with Crippen molar-refractivity contribution in [3.63, 3.8) is 0 Å². The molecule has 0 saturated heterocycles. The van der Waals surface area contributed by atoms with Gasteiger partial charge in [-0.15, -0.1) is 0 Å². The summed E-state index contributed by atoms with van der Waals surface area (Å²) in [4.78, 5) is 0. The summed E-state index contributed by atoms with van der Waals surface area (Å²) in [6.45, 7) is 4.12. The summed E-state index contributed by atoms with van der Waals surface area (Å²) in [5, 5.41) is 0. The monoisotopic (exact) mass is 170 g/mol. The van der Waals surface area contributed by atoms with E-state index in [1.807, 2.05) is 0 Å². The van der Waals surface area contributed by atoms with Crippen LogP contribution in [0.5, 0.6) is 0 Å². The number of rotatable bonds is 0. The number of hydrogen-bond acceptors (Lipinski definition) is 0. The molecule has 0 aliphatic heterocycles. The van der Waals surface area contributed by atoms with Gasteiger partial charge < -0.3 is 0 Å². The van der Waals surface area contributed by atoms with E-state index < -0.39 is 0 Å². The van der Waals surface area contributed by atoms with E-state index in [1.54, 1.807) is 16.7 Å². The molecule has 0 bridgehead atoms. The molecule has 0 N–H and O–H groups in total. The first kappa shape index (κ1) is 7.37. The van der Waals surface area contributed by atoms with Gasteiger partial charge in [0.2, 0.25) is 0 Å². The van der Waals surface area contributed by atoms with Gasteiger partial charge >= 0.3 is 0 Å². The topological polar surface area (TPSA) is 0 Å². The minimum Gasteiger partial charge on any atom is -0.0952 e. The van der Waals surface area contributed by atoms with Crippen molar-refractivity contribution >= 4 is 5.57 Å². The Hall–Kier alpha value is -1.04. The van der Waals surface area contributed by atoms with Crippen molar-refractivity contribution in [2.75, 3.05) is 0 Å².